The molecule has 0 bridgehead atoms. The van der Waals surface area contributed by atoms with E-state index in [0.717, 1.165) is 31.4 Å². The van der Waals surface area contributed by atoms with Crippen LogP contribution in [0.3, 0.4) is 0 Å². The number of rotatable bonds is 3. The predicted molar refractivity (Wildman–Crippen MR) is 67.1 cm³/mol. The first-order valence-corrected chi connectivity index (χ1v) is 5.93. The van der Waals surface area contributed by atoms with Gasteiger partial charge in [0.25, 0.3) is 0 Å². The maximum atomic E-state index is 11.0. The van der Waals surface area contributed by atoms with Gasteiger partial charge in [0.2, 0.25) is 0 Å². The zero-order valence-corrected chi connectivity index (χ0v) is 10.3. The van der Waals surface area contributed by atoms with Gasteiger partial charge in [0, 0.05) is 24.2 Å². The Hall–Kier alpha value is -1.31. The van der Waals surface area contributed by atoms with Gasteiger partial charge in [-0.05, 0) is 44.4 Å². The average Bonchev–Trinajstić information content (AvgIpc) is 2.70. The smallest absolute Gasteiger partial charge is 0.129 e. The number of aldehydes is 1. The van der Waals surface area contributed by atoms with Crippen molar-refractivity contribution < 1.29 is 4.79 Å². The van der Waals surface area contributed by atoms with Gasteiger partial charge in [-0.1, -0.05) is 12.1 Å². The van der Waals surface area contributed by atoms with E-state index in [2.05, 4.69) is 30.0 Å². The van der Waals surface area contributed by atoms with Crippen LogP contribution in [0.5, 0.6) is 0 Å². The molecule has 1 aromatic rings. The topological polar surface area (TPSA) is 20.3 Å². The van der Waals surface area contributed by atoms with Crippen LogP contribution in [0.15, 0.2) is 18.2 Å². The van der Waals surface area contributed by atoms with Crippen molar-refractivity contribution in [1.82, 2.24) is 0 Å². The summed E-state index contributed by atoms with van der Waals surface area (Å²) in [5, 5.41) is 0. The van der Waals surface area contributed by atoms with E-state index in [1.807, 2.05) is 13.8 Å². The quantitative estimate of drug-likeness (QED) is 0.725. The Kier molecular flexibility index (Phi) is 2.75. The van der Waals surface area contributed by atoms with E-state index in [1.54, 1.807) is 0 Å². The summed E-state index contributed by atoms with van der Waals surface area (Å²) >= 11 is 0. The Bertz CT molecular complexity index is 409. The van der Waals surface area contributed by atoms with E-state index in [-0.39, 0.29) is 5.41 Å². The van der Waals surface area contributed by atoms with Gasteiger partial charge >= 0.3 is 0 Å². The van der Waals surface area contributed by atoms with E-state index in [1.165, 1.54) is 11.3 Å². The lowest BCUT2D eigenvalue weighted by atomic mass is 9.85. The standard InChI is InChI=1S/C14H19NO/c1-4-15-8-7-11-9-12(5-6-13(11)15)14(2,3)10-16/h5-6,9-10H,4,7-8H2,1-3H3. The van der Waals surface area contributed by atoms with Gasteiger partial charge in [-0.2, -0.15) is 0 Å². The lowest BCUT2D eigenvalue weighted by molar-refractivity contribution is -0.111. The van der Waals surface area contributed by atoms with Crippen molar-refractivity contribution in [2.45, 2.75) is 32.6 Å². The first-order chi connectivity index (χ1) is 7.58. The summed E-state index contributed by atoms with van der Waals surface area (Å²) in [7, 11) is 0. The summed E-state index contributed by atoms with van der Waals surface area (Å²) in [6, 6.07) is 6.44. The van der Waals surface area contributed by atoms with Crippen molar-refractivity contribution in [2.24, 2.45) is 0 Å². The van der Waals surface area contributed by atoms with Crippen molar-refractivity contribution in [3.8, 4) is 0 Å². The Morgan fingerprint density at radius 3 is 2.81 bits per heavy atom. The van der Waals surface area contributed by atoms with Gasteiger partial charge in [0.1, 0.15) is 6.29 Å². The first kappa shape index (κ1) is 11.2. The van der Waals surface area contributed by atoms with Crippen molar-refractivity contribution in [1.29, 1.82) is 0 Å². The SMILES string of the molecule is CCN1CCc2cc(C(C)(C)C=O)ccc21. The number of anilines is 1. The fraction of sp³-hybridized carbons (Fsp3) is 0.500. The minimum Gasteiger partial charge on any atom is -0.371 e. The van der Waals surface area contributed by atoms with Crippen LogP contribution in [0.4, 0.5) is 5.69 Å². The van der Waals surface area contributed by atoms with Crippen LogP contribution in [0.25, 0.3) is 0 Å². The van der Waals surface area contributed by atoms with E-state index in [9.17, 15) is 4.79 Å². The fourth-order valence-electron chi connectivity index (χ4n) is 2.27. The molecule has 0 radical (unpaired) electrons. The molecule has 1 heterocycles. The molecule has 0 saturated heterocycles. The van der Waals surface area contributed by atoms with Crippen LogP contribution >= 0.6 is 0 Å². The van der Waals surface area contributed by atoms with Crippen LogP contribution in [0, 0.1) is 0 Å². The van der Waals surface area contributed by atoms with Gasteiger partial charge in [-0.25, -0.2) is 0 Å². The monoisotopic (exact) mass is 217 g/mol. The highest BCUT2D eigenvalue weighted by Crippen LogP contribution is 2.32. The molecule has 2 nitrogen and oxygen atoms in total. The average molecular weight is 217 g/mol. The summed E-state index contributed by atoms with van der Waals surface area (Å²) in [6.45, 7) is 8.28. The zero-order chi connectivity index (χ0) is 11.8. The minimum atomic E-state index is -0.366. The molecular weight excluding hydrogens is 198 g/mol. The Morgan fingerprint density at radius 1 is 1.44 bits per heavy atom. The third-order valence-corrected chi connectivity index (χ3v) is 3.49. The lowest BCUT2D eigenvalue weighted by Gasteiger charge is -2.20. The number of carbonyl (C=O) groups excluding carboxylic acids is 1. The van der Waals surface area contributed by atoms with Gasteiger partial charge in [-0.15, -0.1) is 0 Å². The molecule has 2 heteroatoms. The molecule has 0 amide bonds. The van der Waals surface area contributed by atoms with Crippen LogP contribution < -0.4 is 4.90 Å². The van der Waals surface area contributed by atoms with E-state index >= 15 is 0 Å². The summed E-state index contributed by atoms with van der Waals surface area (Å²) < 4.78 is 0. The van der Waals surface area contributed by atoms with Crippen molar-refractivity contribution in [3.63, 3.8) is 0 Å². The third kappa shape index (κ3) is 1.73. The molecule has 1 aromatic carbocycles. The molecule has 0 fully saturated rings. The molecule has 0 unspecified atom stereocenters. The molecule has 0 saturated carbocycles. The van der Waals surface area contributed by atoms with E-state index in [0.29, 0.717) is 0 Å². The molecule has 1 aliphatic rings. The largest absolute Gasteiger partial charge is 0.371 e. The highest BCUT2D eigenvalue weighted by molar-refractivity contribution is 5.69. The number of nitrogens with zero attached hydrogens (tertiary/aromatic N) is 1. The van der Waals surface area contributed by atoms with Crippen LogP contribution in [-0.2, 0) is 16.6 Å². The predicted octanol–water partition coefficient (Wildman–Crippen LogP) is 2.55. The number of likely N-dealkylation sites (N-methyl/N-ethyl adjacent to an activating group) is 1. The summed E-state index contributed by atoms with van der Waals surface area (Å²) in [5.74, 6) is 0. The number of benzene rings is 1. The molecule has 0 aliphatic carbocycles. The number of hydrogen-bond acceptors (Lipinski definition) is 2. The van der Waals surface area contributed by atoms with Crippen LogP contribution in [0.1, 0.15) is 31.9 Å². The summed E-state index contributed by atoms with van der Waals surface area (Å²) in [4.78, 5) is 13.4. The Labute approximate surface area is 97.3 Å². The maximum absolute atomic E-state index is 11.0. The Balaban J connectivity index is 2.39. The van der Waals surface area contributed by atoms with Crippen molar-refractivity contribution in [3.05, 3.63) is 29.3 Å². The number of hydrogen-bond donors (Lipinski definition) is 0. The molecule has 16 heavy (non-hydrogen) atoms. The van der Waals surface area contributed by atoms with Crippen LogP contribution in [-0.4, -0.2) is 19.4 Å². The normalized spacial score (nSPS) is 15.1. The second-order valence-electron chi connectivity index (χ2n) is 5.01. The van der Waals surface area contributed by atoms with Gasteiger partial charge < -0.3 is 9.69 Å². The van der Waals surface area contributed by atoms with Gasteiger partial charge in [-0.3, -0.25) is 0 Å². The minimum absolute atomic E-state index is 0.366. The highest BCUT2D eigenvalue weighted by atomic mass is 16.1. The molecule has 86 valence electrons. The maximum Gasteiger partial charge on any atom is 0.129 e. The van der Waals surface area contributed by atoms with Gasteiger partial charge in [0.15, 0.2) is 0 Å². The highest BCUT2D eigenvalue weighted by Gasteiger charge is 2.23. The Morgan fingerprint density at radius 2 is 2.19 bits per heavy atom. The molecular formula is C14H19NO. The summed E-state index contributed by atoms with van der Waals surface area (Å²) in [6.07, 6.45) is 2.13. The zero-order valence-electron chi connectivity index (χ0n) is 10.3. The van der Waals surface area contributed by atoms with E-state index < -0.39 is 0 Å². The van der Waals surface area contributed by atoms with E-state index in [4.69, 9.17) is 0 Å². The number of carbonyl (C=O) groups is 1. The third-order valence-electron chi connectivity index (χ3n) is 3.49. The number of fused-ring (bicyclic) bond motifs is 1. The fourth-order valence-corrected chi connectivity index (χ4v) is 2.27. The molecule has 0 atom stereocenters. The summed E-state index contributed by atoms with van der Waals surface area (Å²) in [5.41, 5.74) is 3.48. The molecule has 2 rings (SSSR count). The molecule has 0 N–H and O–H groups in total. The van der Waals surface area contributed by atoms with Crippen LogP contribution in [0.2, 0.25) is 0 Å². The van der Waals surface area contributed by atoms with Crippen molar-refractivity contribution >= 4 is 12.0 Å². The van der Waals surface area contributed by atoms with Crippen molar-refractivity contribution in [2.75, 3.05) is 18.0 Å². The van der Waals surface area contributed by atoms with Gasteiger partial charge in [0.05, 0.1) is 0 Å². The molecule has 0 aromatic heterocycles. The lowest BCUT2D eigenvalue weighted by Crippen LogP contribution is -2.20. The molecule has 1 aliphatic heterocycles. The second-order valence-corrected chi connectivity index (χ2v) is 5.01. The second kappa shape index (κ2) is 3.93. The first-order valence-electron chi connectivity index (χ1n) is 5.93. The molecule has 0 spiro atoms.